The molecule has 0 aliphatic heterocycles. The Bertz CT molecular complexity index is 685. The molecular weight excluding hydrogens is 325 g/mol. The van der Waals surface area contributed by atoms with E-state index in [2.05, 4.69) is 10.4 Å². The van der Waals surface area contributed by atoms with Gasteiger partial charge >= 0.3 is 0 Å². The number of nitrogens with one attached hydrogen (secondary N) is 1. The summed E-state index contributed by atoms with van der Waals surface area (Å²) < 4.78 is 7.27. The fourth-order valence-corrected chi connectivity index (χ4v) is 2.42. The minimum absolute atomic E-state index is 0.228. The first-order valence-electron chi connectivity index (χ1n) is 6.75. The maximum Gasteiger partial charge on any atom is 0.261 e. The second-order valence-corrected chi connectivity index (χ2v) is 5.81. The lowest BCUT2D eigenvalue weighted by Gasteiger charge is -2.15. The summed E-state index contributed by atoms with van der Waals surface area (Å²) in [5, 5.41) is 7.93. The molecule has 0 saturated heterocycles. The molecule has 0 aliphatic carbocycles. The summed E-state index contributed by atoms with van der Waals surface area (Å²) in [5.41, 5.74) is 1.85. The van der Waals surface area contributed by atoms with Gasteiger partial charge in [0.25, 0.3) is 5.91 Å². The molecule has 5 nitrogen and oxygen atoms in total. The molecule has 1 aromatic heterocycles. The minimum Gasteiger partial charge on any atom is -0.479 e. The second kappa shape index (κ2) is 7.03. The molecule has 2 rings (SSSR count). The lowest BCUT2D eigenvalue weighted by molar-refractivity contribution is -0.127. The van der Waals surface area contributed by atoms with E-state index in [4.69, 9.17) is 27.9 Å². The number of carbonyl (C=O) groups is 1. The van der Waals surface area contributed by atoms with Gasteiger partial charge in [0.2, 0.25) is 0 Å². The van der Waals surface area contributed by atoms with Crippen LogP contribution in [0, 0.1) is 6.92 Å². The van der Waals surface area contributed by atoms with Gasteiger partial charge in [0.15, 0.2) is 6.10 Å². The number of ether oxygens (including phenoxy) is 1. The molecule has 0 spiro atoms. The van der Waals surface area contributed by atoms with Crippen molar-refractivity contribution in [3.63, 3.8) is 0 Å². The fourth-order valence-electron chi connectivity index (χ4n) is 1.96. The van der Waals surface area contributed by atoms with Gasteiger partial charge in [0.05, 0.1) is 10.7 Å². The number of aryl methyl sites for hydroxylation is 2. The Morgan fingerprint density at radius 2 is 2.18 bits per heavy atom. The molecule has 0 saturated carbocycles. The summed E-state index contributed by atoms with van der Waals surface area (Å²) in [7, 11) is 1.84. The van der Waals surface area contributed by atoms with Gasteiger partial charge in [0, 0.05) is 30.4 Å². The highest BCUT2D eigenvalue weighted by atomic mass is 35.5. The summed E-state index contributed by atoms with van der Waals surface area (Å²) >= 11 is 11.8. The Morgan fingerprint density at radius 3 is 2.77 bits per heavy atom. The molecule has 0 aliphatic rings. The largest absolute Gasteiger partial charge is 0.479 e. The van der Waals surface area contributed by atoms with Crippen LogP contribution < -0.4 is 10.1 Å². The van der Waals surface area contributed by atoms with Crippen LogP contribution in [0.1, 0.15) is 18.2 Å². The molecule has 1 atom stereocenters. The Kier molecular flexibility index (Phi) is 5.32. The average molecular weight is 342 g/mol. The Labute approximate surface area is 139 Å². The number of amides is 1. The number of carbonyl (C=O) groups excluding carboxylic acids is 1. The third kappa shape index (κ3) is 4.15. The van der Waals surface area contributed by atoms with Crippen molar-refractivity contribution >= 4 is 29.1 Å². The van der Waals surface area contributed by atoms with E-state index in [1.807, 2.05) is 20.2 Å². The van der Waals surface area contributed by atoms with Gasteiger partial charge in [-0.05, 0) is 32.0 Å². The third-order valence-electron chi connectivity index (χ3n) is 3.14. The van der Waals surface area contributed by atoms with Gasteiger partial charge < -0.3 is 10.1 Å². The van der Waals surface area contributed by atoms with Crippen LogP contribution in [0.15, 0.2) is 24.4 Å². The Balaban J connectivity index is 1.93. The smallest absolute Gasteiger partial charge is 0.261 e. The number of benzene rings is 1. The monoisotopic (exact) mass is 341 g/mol. The molecule has 0 bridgehead atoms. The van der Waals surface area contributed by atoms with E-state index in [9.17, 15) is 4.79 Å². The molecule has 1 N–H and O–H groups in total. The molecule has 0 radical (unpaired) electrons. The minimum atomic E-state index is -0.671. The lowest BCUT2D eigenvalue weighted by atomic mass is 10.2. The van der Waals surface area contributed by atoms with Crippen molar-refractivity contribution < 1.29 is 9.53 Å². The topological polar surface area (TPSA) is 56.2 Å². The first-order chi connectivity index (χ1) is 10.4. The Hall–Kier alpha value is -1.72. The molecule has 0 fully saturated rings. The number of hydrogen-bond donors (Lipinski definition) is 1. The SMILES string of the molecule is Cc1nn(C)cc1CNC(=O)[C@@H](C)Oc1ccc(Cl)cc1Cl. The van der Waals surface area contributed by atoms with Crippen molar-refractivity contribution in [1.82, 2.24) is 15.1 Å². The second-order valence-electron chi connectivity index (χ2n) is 4.97. The van der Waals surface area contributed by atoms with E-state index in [-0.39, 0.29) is 5.91 Å². The maximum absolute atomic E-state index is 12.1. The maximum atomic E-state index is 12.1. The van der Waals surface area contributed by atoms with Gasteiger partial charge in [-0.2, -0.15) is 5.10 Å². The van der Waals surface area contributed by atoms with E-state index in [1.165, 1.54) is 0 Å². The fraction of sp³-hybridized carbons (Fsp3) is 0.333. The quantitative estimate of drug-likeness (QED) is 0.908. The zero-order chi connectivity index (χ0) is 16.3. The lowest BCUT2D eigenvalue weighted by Crippen LogP contribution is -2.36. The molecule has 1 amide bonds. The van der Waals surface area contributed by atoms with E-state index in [0.29, 0.717) is 22.3 Å². The molecule has 118 valence electrons. The highest BCUT2D eigenvalue weighted by Gasteiger charge is 2.16. The molecular formula is C15H17Cl2N3O2. The molecule has 1 heterocycles. The van der Waals surface area contributed by atoms with Crippen molar-refractivity contribution in [2.45, 2.75) is 26.5 Å². The summed E-state index contributed by atoms with van der Waals surface area (Å²) in [6.07, 6.45) is 1.20. The van der Waals surface area contributed by atoms with Gasteiger partial charge in [-0.3, -0.25) is 9.48 Å². The standard InChI is InChI=1S/C15H17Cl2N3O2/c1-9-11(8-20(3)19-9)7-18-15(21)10(2)22-14-5-4-12(16)6-13(14)17/h4-6,8,10H,7H2,1-3H3,(H,18,21)/t10-/m1/s1. The molecule has 2 aromatic rings. The van der Waals surface area contributed by atoms with Crippen LogP contribution in [0.25, 0.3) is 0 Å². The molecule has 7 heteroatoms. The van der Waals surface area contributed by atoms with Crippen LogP contribution in [0.5, 0.6) is 5.75 Å². The zero-order valence-corrected chi connectivity index (χ0v) is 14.1. The van der Waals surface area contributed by atoms with Crippen LogP contribution in [0.4, 0.5) is 0 Å². The predicted molar refractivity (Wildman–Crippen MR) is 86.3 cm³/mol. The predicted octanol–water partition coefficient (Wildman–Crippen LogP) is 3.12. The third-order valence-corrected chi connectivity index (χ3v) is 3.67. The van der Waals surface area contributed by atoms with Gasteiger partial charge in [-0.15, -0.1) is 0 Å². The van der Waals surface area contributed by atoms with Gasteiger partial charge in [-0.25, -0.2) is 0 Å². The summed E-state index contributed by atoms with van der Waals surface area (Å²) in [6, 6.07) is 4.87. The van der Waals surface area contributed by atoms with Gasteiger partial charge in [0.1, 0.15) is 5.75 Å². The number of rotatable bonds is 5. The zero-order valence-electron chi connectivity index (χ0n) is 12.6. The van der Waals surface area contributed by atoms with Crippen molar-refractivity contribution in [3.8, 4) is 5.75 Å². The highest BCUT2D eigenvalue weighted by Crippen LogP contribution is 2.28. The normalized spacial score (nSPS) is 12.0. The van der Waals surface area contributed by atoms with Crippen LogP contribution in [-0.2, 0) is 18.4 Å². The Morgan fingerprint density at radius 1 is 1.45 bits per heavy atom. The molecule has 22 heavy (non-hydrogen) atoms. The van der Waals surface area contributed by atoms with Crippen molar-refractivity contribution in [1.29, 1.82) is 0 Å². The summed E-state index contributed by atoms with van der Waals surface area (Å²) in [4.78, 5) is 12.1. The average Bonchev–Trinajstić information content (AvgIpc) is 2.77. The summed E-state index contributed by atoms with van der Waals surface area (Å²) in [5.74, 6) is 0.195. The van der Waals surface area contributed by atoms with Crippen LogP contribution >= 0.6 is 23.2 Å². The van der Waals surface area contributed by atoms with E-state index >= 15 is 0 Å². The van der Waals surface area contributed by atoms with Crippen molar-refractivity contribution in [2.24, 2.45) is 7.05 Å². The van der Waals surface area contributed by atoms with Crippen LogP contribution in [0.2, 0.25) is 10.0 Å². The van der Waals surface area contributed by atoms with Crippen molar-refractivity contribution in [3.05, 3.63) is 45.7 Å². The molecule has 0 unspecified atom stereocenters. The van der Waals surface area contributed by atoms with E-state index < -0.39 is 6.10 Å². The highest BCUT2D eigenvalue weighted by molar-refractivity contribution is 6.35. The molecule has 1 aromatic carbocycles. The van der Waals surface area contributed by atoms with E-state index in [0.717, 1.165) is 11.3 Å². The summed E-state index contributed by atoms with van der Waals surface area (Å²) in [6.45, 7) is 3.96. The number of hydrogen-bond acceptors (Lipinski definition) is 3. The van der Waals surface area contributed by atoms with E-state index in [1.54, 1.807) is 29.8 Å². The van der Waals surface area contributed by atoms with Crippen LogP contribution in [-0.4, -0.2) is 21.8 Å². The van der Waals surface area contributed by atoms with Crippen molar-refractivity contribution in [2.75, 3.05) is 0 Å². The number of nitrogens with zero attached hydrogens (tertiary/aromatic N) is 2. The van der Waals surface area contributed by atoms with Gasteiger partial charge in [-0.1, -0.05) is 23.2 Å². The van der Waals surface area contributed by atoms with Crippen LogP contribution in [0.3, 0.4) is 0 Å². The number of aromatic nitrogens is 2. The number of halogens is 2. The first kappa shape index (κ1) is 16.6. The first-order valence-corrected chi connectivity index (χ1v) is 7.51.